The Morgan fingerprint density at radius 3 is 1.67 bits per heavy atom. The van der Waals surface area contributed by atoms with E-state index in [2.05, 4.69) is 101 Å². The summed E-state index contributed by atoms with van der Waals surface area (Å²) in [6.45, 7) is 0. The van der Waals surface area contributed by atoms with Gasteiger partial charge in [-0.1, -0.05) is 0 Å². The molecule has 33 heavy (non-hydrogen) atoms. The number of halogens is 2. The van der Waals surface area contributed by atoms with Crippen molar-refractivity contribution in [3.05, 3.63) is 126 Å². The fourth-order valence-corrected chi connectivity index (χ4v) is 8.93. The first-order valence-corrected chi connectivity index (χ1v) is 13.1. The summed E-state index contributed by atoms with van der Waals surface area (Å²) in [5.74, 6) is 0.716. The molecule has 166 valence electrons. The summed E-state index contributed by atoms with van der Waals surface area (Å²) in [4.78, 5) is 1.56. The second-order valence-corrected chi connectivity index (χ2v) is 12.0. The van der Waals surface area contributed by atoms with Crippen LogP contribution in [0.15, 0.2) is 115 Å². The molecule has 0 atom stereocenters. The van der Waals surface area contributed by atoms with Gasteiger partial charge in [-0.05, 0) is 0 Å². The Bertz CT molecular complexity index is 1220. The van der Waals surface area contributed by atoms with E-state index >= 15 is 0 Å². The van der Waals surface area contributed by atoms with Gasteiger partial charge in [0.05, 0.1) is 0 Å². The van der Waals surface area contributed by atoms with E-state index in [9.17, 15) is 0 Å². The average Bonchev–Trinajstić information content (AvgIpc) is 3.33. The van der Waals surface area contributed by atoms with Gasteiger partial charge >= 0.3 is 193 Å². The van der Waals surface area contributed by atoms with Gasteiger partial charge < -0.3 is 0 Å². The molecule has 0 saturated carbocycles. The molecule has 0 aliphatic rings. The molecule has 1 aromatic heterocycles. The van der Waals surface area contributed by atoms with Crippen LogP contribution in [0.5, 0.6) is 0 Å². The first kappa shape index (κ1) is 23.3. The molecule has 4 aromatic carbocycles. The van der Waals surface area contributed by atoms with Crippen molar-refractivity contribution in [1.29, 1.82) is 0 Å². The minimum absolute atomic E-state index is 0. The van der Waals surface area contributed by atoms with Crippen LogP contribution in [0.1, 0.15) is 5.82 Å². The van der Waals surface area contributed by atoms with Crippen LogP contribution in [0.25, 0.3) is 5.69 Å². The van der Waals surface area contributed by atoms with Gasteiger partial charge in [0.15, 0.2) is 0 Å². The third kappa shape index (κ3) is 4.77. The molecular weight excluding hydrogens is 515 g/mol. The monoisotopic (exact) mass is 536 g/mol. The Kier molecular flexibility index (Phi) is 7.34. The number of tetrazole rings is 1. The number of nitrogens with zero attached hydrogens (tertiary/aromatic N) is 4. The number of hydrogen-bond donors (Lipinski definition) is 0. The number of rotatable bonds is 6. The van der Waals surface area contributed by atoms with E-state index in [1.165, 1.54) is 15.9 Å². The molecule has 0 spiro atoms. The van der Waals surface area contributed by atoms with Crippen LogP contribution >= 0.6 is 35.8 Å². The Labute approximate surface area is 209 Å². The molecule has 4 nitrogen and oxygen atoms in total. The Morgan fingerprint density at radius 2 is 1.18 bits per heavy atom. The molecule has 1 heterocycles. The SMILES string of the molecule is Br.Clc1cccc(-n2nnc(C[PH](c3ccccc3)(c3ccccc3)c3ccccc3)n2)c1. The standard InChI is InChI=1S/C26H22ClN4P.BrH/c27-21-11-10-12-22(19-21)31-29-26(28-30-31)20-32(23-13-4-1-5-14-23,24-15-6-2-7-16-24)25-17-8-3-9-18-25;/h1-19,32H,20H2;1H. The molecule has 0 N–H and O–H groups in total. The van der Waals surface area contributed by atoms with Crippen LogP contribution in [0.4, 0.5) is 0 Å². The Hall–Kier alpha value is -2.85. The van der Waals surface area contributed by atoms with E-state index < -0.39 is 7.26 Å². The molecule has 0 aliphatic carbocycles. The van der Waals surface area contributed by atoms with E-state index in [1.54, 1.807) is 4.80 Å². The molecule has 5 aromatic rings. The van der Waals surface area contributed by atoms with Crippen LogP contribution in [0.2, 0.25) is 5.02 Å². The zero-order valence-corrected chi connectivity index (χ0v) is 21.2. The summed E-state index contributed by atoms with van der Waals surface area (Å²) in [6.07, 6.45) is 0.700. The van der Waals surface area contributed by atoms with Crippen molar-refractivity contribution in [3.63, 3.8) is 0 Å². The summed E-state index contributed by atoms with van der Waals surface area (Å²) < 4.78 is 0. The molecule has 0 bridgehead atoms. The van der Waals surface area contributed by atoms with Crippen molar-refractivity contribution in [3.8, 4) is 5.69 Å². The van der Waals surface area contributed by atoms with Gasteiger partial charge in [-0.3, -0.25) is 0 Å². The van der Waals surface area contributed by atoms with Gasteiger partial charge in [0.2, 0.25) is 0 Å². The molecule has 7 heteroatoms. The van der Waals surface area contributed by atoms with Crippen LogP contribution in [0, 0.1) is 0 Å². The molecule has 0 fully saturated rings. The molecule has 0 amide bonds. The number of aromatic nitrogens is 4. The van der Waals surface area contributed by atoms with Gasteiger partial charge in [-0.2, -0.15) is 0 Å². The van der Waals surface area contributed by atoms with E-state index in [-0.39, 0.29) is 17.0 Å². The van der Waals surface area contributed by atoms with Crippen molar-refractivity contribution in [2.24, 2.45) is 0 Å². The summed E-state index contributed by atoms with van der Waals surface area (Å²) in [7, 11) is -2.47. The van der Waals surface area contributed by atoms with Crippen molar-refractivity contribution >= 4 is 51.8 Å². The van der Waals surface area contributed by atoms with Gasteiger partial charge in [-0.15, -0.1) is 17.0 Å². The van der Waals surface area contributed by atoms with E-state index in [0.29, 0.717) is 17.0 Å². The minimum atomic E-state index is -2.47. The summed E-state index contributed by atoms with van der Waals surface area (Å²) in [5, 5.41) is 18.1. The van der Waals surface area contributed by atoms with E-state index in [1.807, 2.05) is 24.3 Å². The Balaban J connectivity index is 0.00000259. The molecular formula is C26H23BrClN4P. The third-order valence-electron chi connectivity index (χ3n) is 5.72. The van der Waals surface area contributed by atoms with Crippen LogP contribution in [-0.4, -0.2) is 20.2 Å². The molecule has 0 saturated heterocycles. The van der Waals surface area contributed by atoms with Gasteiger partial charge in [0.25, 0.3) is 0 Å². The fourth-order valence-electron chi connectivity index (χ4n) is 4.24. The van der Waals surface area contributed by atoms with E-state index in [4.69, 9.17) is 16.7 Å². The summed E-state index contributed by atoms with van der Waals surface area (Å²) in [6, 6.07) is 39.7. The zero-order chi connectivity index (χ0) is 21.8. The third-order valence-corrected chi connectivity index (χ3v) is 10.8. The van der Waals surface area contributed by atoms with Gasteiger partial charge in [0.1, 0.15) is 0 Å². The van der Waals surface area contributed by atoms with Crippen LogP contribution in [0.3, 0.4) is 0 Å². The Morgan fingerprint density at radius 1 is 0.667 bits per heavy atom. The number of hydrogen-bond acceptors (Lipinski definition) is 3. The van der Waals surface area contributed by atoms with E-state index in [0.717, 1.165) is 5.69 Å². The second kappa shape index (κ2) is 10.4. The average molecular weight is 538 g/mol. The first-order valence-electron chi connectivity index (χ1n) is 10.5. The normalized spacial score (nSPS) is 11.5. The van der Waals surface area contributed by atoms with Gasteiger partial charge in [0, 0.05) is 0 Å². The summed E-state index contributed by atoms with van der Waals surface area (Å²) >= 11 is 6.17. The molecule has 0 unspecified atom stereocenters. The van der Waals surface area contributed by atoms with Crippen LogP contribution < -0.4 is 15.9 Å². The topological polar surface area (TPSA) is 43.6 Å². The summed E-state index contributed by atoms with van der Waals surface area (Å²) in [5.41, 5.74) is 0.794. The maximum atomic E-state index is 6.17. The number of benzene rings is 4. The fraction of sp³-hybridized carbons (Fsp3) is 0.0385. The van der Waals surface area contributed by atoms with Gasteiger partial charge in [-0.25, -0.2) is 0 Å². The van der Waals surface area contributed by atoms with Crippen molar-refractivity contribution in [2.45, 2.75) is 6.16 Å². The predicted octanol–water partition coefficient (Wildman–Crippen LogP) is 5.12. The second-order valence-electron chi connectivity index (χ2n) is 7.66. The van der Waals surface area contributed by atoms with Crippen LogP contribution in [-0.2, 0) is 6.16 Å². The molecule has 0 aliphatic heterocycles. The van der Waals surface area contributed by atoms with Crippen molar-refractivity contribution in [1.82, 2.24) is 20.2 Å². The van der Waals surface area contributed by atoms with Crippen molar-refractivity contribution < 1.29 is 0 Å². The predicted molar refractivity (Wildman–Crippen MR) is 145 cm³/mol. The maximum absolute atomic E-state index is 6.17. The zero-order valence-electron chi connectivity index (χ0n) is 17.8. The quantitative estimate of drug-likeness (QED) is 0.283. The molecule has 5 rings (SSSR count). The molecule has 0 radical (unpaired) electrons. The first-order chi connectivity index (χ1) is 15.8. The van der Waals surface area contributed by atoms with Crippen molar-refractivity contribution in [2.75, 3.05) is 0 Å².